The maximum absolute atomic E-state index is 12.7. The van der Waals surface area contributed by atoms with Crippen molar-refractivity contribution in [1.82, 2.24) is 9.62 Å². The number of carbonyl (C=O) groups excluding carboxylic acids is 1. The van der Waals surface area contributed by atoms with Gasteiger partial charge in [0.05, 0.1) is 11.7 Å². The predicted molar refractivity (Wildman–Crippen MR) is 104 cm³/mol. The second kappa shape index (κ2) is 9.17. The van der Waals surface area contributed by atoms with Gasteiger partial charge in [0.25, 0.3) is 0 Å². The third-order valence-corrected chi connectivity index (χ3v) is 6.93. The standard InChI is InChI=1S/C18H27N3O3S.ClH/c19-11-17(15-8-9-15)20-18(22)16-7-4-10-21(12-16)25(23,24)13-14-5-2-1-3-6-14;/h1-3,5-6,15-17H,4,7-13,19H2,(H,20,22);1H. The smallest absolute Gasteiger partial charge is 0.224 e. The zero-order valence-corrected chi connectivity index (χ0v) is 16.5. The fourth-order valence-electron chi connectivity index (χ4n) is 3.45. The summed E-state index contributed by atoms with van der Waals surface area (Å²) in [7, 11) is -3.41. The van der Waals surface area contributed by atoms with Gasteiger partial charge in [-0.2, -0.15) is 0 Å². The van der Waals surface area contributed by atoms with Gasteiger partial charge in [-0.3, -0.25) is 4.79 Å². The summed E-state index contributed by atoms with van der Waals surface area (Å²) in [4.78, 5) is 12.5. The highest BCUT2D eigenvalue weighted by Gasteiger charge is 2.36. The van der Waals surface area contributed by atoms with Crippen molar-refractivity contribution in [3.05, 3.63) is 35.9 Å². The lowest BCUT2D eigenvalue weighted by atomic mass is 9.98. The molecular formula is C18H28ClN3O3S. The quantitative estimate of drug-likeness (QED) is 0.724. The van der Waals surface area contributed by atoms with E-state index in [9.17, 15) is 13.2 Å². The van der Waals surface area contributed by atoms with Gasteiger partial charge in [-0.1, -0.05) is 30.3 Å². The van der Waals surface area contributed by atoms with Crippen molar-refractivity contribution >= 4 is 28.3 Å². The van der Waals surface area contributed by atoms with Crippen molar-refractivity contribution in [2.24, 2.45) is 17.6 Å². The normalized spacial score (nSPS) is 22.3. The molecular weight excluding hydrogens is 374 g/mol. The molecule has 0 aromatic heterocycles. The van der Waals surface area contributed by atoms with E-state index >= 15 is 0 Å². The Morgan fingerprint density at radius 2 is 1.92 bits per heavy atom. The first-order chi connectivity index (χ1) is 12.0. The number of rotatable bonds is 7. The molecule has 3 rings (SSSR count). The molecule has 2 fully saturated rings. The van der Waals surface area contributed by atoms with Crippen LogP contribution < -0.4 is 11.1 Å². The SMILES string of the molecule is Cl.NCC(NC(=O)C1CCCN(S(=O)(=O)Cc2ccccc2)C1)C1CC1. The first kappa shape index (κ1) is 21.2. The van der Waals surface area contributed by atoms with Crippen LogP contribution >= 0.6 is 12.4 Å². The number of nitrogens with two attached hydrogens (primary N) is 1. The number of halogens is 1. The number of amides is 1. The third-order valence-electron chi connectivity index (χ3n) is 5.11. The molecule has 1 saturated carbocycles. The van der Waals surface area contributed by atoms with E-state index in [-0.39, 0.29) is 42.6 Å². The molecule has 6 nitrogen and oxygen atoms in total. The lowest BCUT2D eigenvalue weighted by molar-refractivity contribution is -0.126. The van der Waals surface area contributed by atoms with Crippen LogP contribution in [0.5, 0.6) is 0 Å². The molecule has 146 valence electrons. The van der Waals surface area contributed by atoms with E-state index in [4.69, 9.17) is 5.73 Å². The summed E-state index contributed by atoms with van der Waals surface area (Å²) in [5.74, 6) is 0.139. The molecule has 8 heteroatoms. The Bertz CT molecular complexity index is 695. The minimum Gasteiger partial charge on any atom is -0.352 e. The van der Waals surface area contributed by atoms with Crippen LogP contribution in [0.3, 0.4) is 0 Å². The zero-order chi connectivity index (χ0) is 17.9. The van der Waals surface area contributed by atoms with E-state index in [0.29, 0.717) is 25.4 Å². The van der Waals surface area contributed by atoms with Crippen LogP contribution in [0.2, 0.25) is 0 Å². The minimum atomic E-state index is -3.41. The average Bonchev–Trinajstić information content (AvgIpc) is 3.45. The number of piperidine rings is 1. The van der Waals surface area contributed by atoms with Gasteiger partial charge in [0.2, 0.25) is 15.9 Å². The maximum Gasteiger partial charge on any atom is 0.224 e. The summed E-state index contributed by atoms with van der Waals surface area (Å²) in [5, 5.41) is 3.03. The number of benzene rings is 1. The minimum absolute atomic E-state index is 0. The molecule has 26 heavy (non-hydrogen) atoms. The lowest BCUT2D eigenvalue weighted by Gasteiger charge is -2.32. The summed E-state index contributed by atoms with van der Waals surface area (Å²) < 4.78 is 26.9. The fourth-order valence-corrected chi connectivity index (χ4v) is 5.06. The molecule has 2 aliphatic rings. The molecule has 1 saturated heterocycles. The topological polar surface area (TPSA) is 92.5 Å². The van der Waals surface area contributed by atoms with Gasteiger partial charge in [0, 0.05) is 25.7 Å². The van der Waals surface area contributed by atoms with Gasteiger partial charge in [0.1, 0.15) is 0 Å². The highest BCUT2D eigenvalue weighted by atomic mass is 35.5. The van der Waals surface area contributed by atoms with Gasteiger partial charge < -0.3 is 11.1 Å². The molecule has 0 spiro atoms. The molecule has 0 bridgehead atoms. The number of nitrogens with one attached hydrogen (secondary N) is 1. The zero-order valence-electron chi connectivity index (χ0n) is 14.8. The van der Waals surface area contributed by atoms with Crippen LogP contribution in [0.25, 0.3) is 0 Å². The number of hydrogen-bond donors (Lipinski definition) is 2. The number of sulfonamides is 1. The van der Waals surface area contributed by atoms with Crippen molar-refractivity contribution in [2.45, 2.75) is 37.5 Å². The first-order valence-electron chi connectivity index (χ1n) is 9.02. The Morgan fingerprint density at radius 1 is 1.23 bits per heavy atom. The molecule has 1 amide bonds. The molecule has 1 aliphatic heterocycles. The van der Waals surface area contributed by atoms with Gasteiger partial charge in [-0.15, -0.1) is 12.4 Å². The van der Waals surface area contributed by atoms with Gasteiger partial charge in [-0.05, 0) is 37.2 Å². The first-order valence-corrected chi connectivity index (χ1v) is 10.6. The third kappa shape index (κ3) is 5.42. The van der Waals surface area contributed by atoms with Crippen LogP contribution in [-0.4, -0.2) is 44.3 Å². The molecule has 0 radical (unpaired) electrons. The second-order valence-corrected chi connectivity index (χ2v) is 9.10. The average molecular weight is 402 g/mol. The second-order valence-electron chi connectivity index (χ2n) is 7.13. The molecule has 1 heterocycles. The highest BCUT2D eigenvalue weighted by Crippen LogP contribution is 2.32. The van der Waals surface area contributed by atoms with Crippen molar-refractivity contribution < 1.29 is 13.2 Å². The van der Waals surface area contributed by atoms with Crippen molar-refractivity contribution in [3.63, 3.8) is 0 Å². The van der Waals surface area contributed by atoms with E-state index < -0.39 is 10.0 Å². The molecule has 1 aromatic carbocycles. The summed E-state index contributed by atoms with van der Waals surface area (Å²) in [6.07, 6.45) is 3.67. The van der Waals surface area contributed by atoms with Crippen molar-refractivity contribution in [3.8, 4) is 0 Å². The Hall–Kier alpha value is -1.15. The van der Waals surface area contributed by atoms with Crippen molar-refractivity contribution in [2.75, 3.05) is 19.6 Å². The lowest BCUT2D eigenvalue weighted by Crippen LogP contribution is -2.49. The summed E-state index contributed by atoms with van der Waals surface area (Å²) >= 11 is 0. The fraction of sp³-hybridized carbons (Fsp3) is 0.611. The molecule has 2 unspecified atom stereocenters. The summed E-state index contributed by atoms with van der Waals surface area (Å²) in [6, 6.07) is 9.19. The van der Waals surface area contributed by atoms with Crippen LogP contribution in [0.4, 0.5) is 0 Å². The van der Waals surface area contributed by atoms with Gasteiger partial charge in [0.15, 0.2) is 0 Å². The van der Waals surface area contributed by atoms with Crippen LogP contribution in [0, 0.1) is 11.8 Å². The predicted octanol–water partition coefficient (Wildman–Crippen LogP) is 1.50. The van der Waals surface area contributed by atoms with E-state index in [0.717, 1.165) is 24.8 Å². The maximum atomic E-state index is 12.7. The van der Waals surface area contributed by atoms with Gasteiger partial charge >= 0.3 is 0 Å². The van der Waals surface area contributed by atoms with E-state index in [1.54, 1.807) is 0 Å². The Labute approximate surface area is 162 Å². The summed E-state index contributed by atoms with van der Waals surface area (Å²) in [6.45, 7) is 1.20. The number of nitrogens with zero attached hydrogens (tertiary/aromatic N) is 1. The monoisotopic (exact) mass is 401 g/mol. The Morgan fingerprint density at radius 3 is 2.54 bits per heavy atom. The van der Waals surface area contributed by atoms with E-state index in [2.05, 4.69) is 5.32 Å². The highest BCUT2D eigenvalue weighted by molar-refractivity contribution is 7.88. The van der Waals surface area contributed by atoms with E-state index in [1.165, 1.54) is 4.31 Å². The Kier molecular flexibility index (Phi) is 7.46. The number of hydrogen-bond acceptors (Lipinski definition) is 4. The Balaban J connectivity index is 0.00000243. The number of carbonyl (C=O) groups is 1. The largest absolute Gasteiger partial charge is 0.352 e. The molecule has 1 aromatic rings. The molecule has 3 N–H and O–H groups in total. The van der Waals surface area contributed by atoms with Gasteiger partial charge in [-0.25, -0.2) is 12.7 Å². The summed E-state index contributed by atoms with van der Waals surface area (Å²) in [5.41, 5.74) is 6.52. The molecule has 1 aliphatic carbocycles. The molecule has 2 atom stereocenters. The van der Waals surface area contributed by atoms with Crippen LogP contribution in [-0.2, 0) is 20.6 Å². The van der Waals surface area contributed by atoms with Crippen molar-refractivity contribution in [1.29, 1.82) is 0 Å². The van der Waals surface area contributed by atoms with E-state index in [1.807, 2.05) is 30.3 Å². The van der Waals surface area contributed by atoms with Crippen LogP contribution in [0.15, 0.2) is 30.3 Å². The van der Waals surface area contributed by atoms with Crippen LogP contribution in [0.1, 0.15) is 31.2 Å².